The molecule has 0 radical (unpaired) electrons. The predicted molar refractivity (Wildman–Crippen MR) is 172 cm³/mol. The summed E-state index contributed by atoms with van der Waals surface area (Å²) in [5.41, 5.74) is 3.17. The van der Waals surface area contributed by atoms with Crippen LogP contribution < -0.4 is 25.4 Å². The van der Waals surface area contributed by atoms with E-state index >= 15 is 0 Å². The molecule has 1 atom stereocenters. The van der Waals surface area contributed by atoms with Crippen LogP contribution in [0.3, 0.4) is 0 Å². The highest BCUT2D eigenvalue weighted by atomic mass is 35.5. The fourth-order valence-corrected chi connectivity index (χ4v) is 8.39. The van der Waals surface area contributed by atoms with Crippen molar-refractivity contribution in [2.24, 2.45) is 0 Å². The number of aliphatic hydroxyl groups excluding tert-OH is 1. The van der Waals surface area contributed by atoms with Gasteiger partial charge >= 0.3 is 5.69 Å². The molecule has 6 rings (SSSR count). The molecule has 43 heavy (non-hydrogen) atoms. The number of fused-ring (bicyclic) bond motifs is 2. The Morgan fingerprint density at radius 2 is 1.88 bits per heavy atom. The second-order valence-corrected chi connectivity index (χ2v) is 14.1. The van der Waals surface area contributed by atoms with Crippen molar-refractivity contribution < 1.29 is 18.3 Å². The van der Waals surface area contributed by atoms with Crippen molar-refractivity contribution in [3.8, 4) is 5.75 Å². The van der Waals surface area contributed by atoms with Crippen LogP contribution in [0.25, 0.3) is 21.1 Å². The van der Waals surface area contributed by atoms with Crippen molar-refractivity contribution in [2.75, 3.05) is 35.9 Å². The Hall–Kier alpha value is -3.55. The van der Waals surface area contributed by atoms with E-state index in [1.165, 1.54) is 11.3 Å². The normalized spacial score (nSPS) is 15.3. The molecule has 226 valence electrons. The Balaban J connectivity index is 0.980. The van der Waals surface area contributed by atoms with Crippen molar-refractivity contribution in [3.63, 3.8) is 0 Å². The molecule has 0 aliphatic carbocycles. The molecule has 0 amide bonds. The average molecular weight is 642 g/mol. The summed E-state index contributed by atoms with van der Waals surface area (Å²) in [6, 6.07) is 18.4. The van der Waals surface area contributed by atoms with Gasteiger partial charge in [0.15, 0.2) is 0 Å². The van der Waals surface area contributed by atoms with Gasteiger partial charge in [0.2, 0.25) is 0 Å². The Labute approximate surface area is 257 Å². The van der Waals surface area contributed by atoms with Gasteiger partial charge in [-0.1, -0.05) is 17.7 Å². The number of aromatic amines is 2. The fourth-order valence-electron chi connectivity index (χ4n) is 5.41. The minimum Gasteiger partial charge on any atom is -0.489 e. The van der Waals surface area contributed by atoms with Crippen LogP contribution in [0.2, 0.25) is 5.02 Å². The van der Waals surface area contributed by atoms with Gasteiger partial charge in [0.1, 0.15) is 28.2 Å². The molecule has 3 heterocycles. The number of aromatic nitrogens is 2. The molecular formula is C30H32ClN5O5S2. The maximum absolute atomic E-state index is 13.2. The van der Waals surface area contributed by atoms with Crippen LogP contribution in [0.1, 0.15) is 18.4 Å². The second kappa shape index (κ2) is 12.2. The largest absolute Gasteiger partial charge is 0.489 e. The number of anilines is 2. The van der Waals surface area contributed by atoms with E-state index in [0.29, 0.717) is 39.6 Å². The van der Waals surface area contributed by atoms with Crippen LogP contribution in [0.4, 0.5) is 11.4 Å². The summed E-state index contributed by atoms with van der Waals surface area (Å²) in [7, 11) is -3.75. The van der Waals surface area contributed by atoms with Gasteiger partial charge in [-0.15, -0.1) is 11.3 Å². The van der Waals surface area contributed by atoms with E-state index in [2.05, 4.69) is 24.9 Å². The number of hydrogen-bond donors (Lipinski definition) is 5. The van der Waals surface area contributed by atoms with E-state index in [1.807, 2.05) is 18.2 Å². The number of para-hydroxylation sites is 1. The van der Waals surface area contributed by atoms with Gasteiger partial charge in [0.05, 0.1) is 5.52 Å². The average Bonchev–Trinajstić information content (AvgIpc) is 3.55. The molecule has 1 fully saturated rings. The number of benzene rings is 3. The number of rotatable bonds is 10. The van der Waals surface area contributed by atoms with Gasteiger partial charge in [-0.2, -0.15) is 0 Å². The Kier molecular flexibility index (Phi) is 8.38. The number of piperidine rings is 1. The maximum atomic E-state index is 13.2. The zero-order valence-electron chi connectivity index (χ0n) is 23.4. The number of nitrogens with zero attached hydrogens (tertiary/aromatic N) is 1. The minimum absolute atomic E-state index is 0.102. The number of nitrogens with one attached hydrogen (secondary N) is 4. The number of H-pyrrole nitrogens is 2. The molecule has 0 unspecified atom stereocenters. The molecular weight excluding hydrogens is 610 g/mol. The second-order valence-electron chi connectivity index (χ2n) is 10.7. The summed E-state index contributed by atoms with van der Waals surface area (Å²) in [5, 5.41) is 15.3. The van der Waals surface area contributed by atoms with Crippen LogP contribution in [0.15, 0.2) is 69.7 Å². The molecule has 13 heteroatoms. The lowest BCUT2D eigenvalue weighted by Gasteiger charge is -2.34. The van der Waals surface area contributed by atoms with Crippen molar-refractivity contribution in [2.45, 2.75) is 36.1 Å². The third kappa shape index (κ3) is 6.53. The lowest BCUT2D eigenvalue weighted by atomic mass is 10.0. The van der Waals surface area contributed by atoms with Crippen LogP contribution in [-0.4, -0.2) is 61.9 Å². The molecule has 10 nitrogen and oxygen atoms in total. The summed E-state index contributed by atoms with van der Waals surface area (Å²) in [6.07, 6.45) is 1.10. The van der Waals surface area contributed by atoms with Crippen LogP contribution in [-0.2, 0) is 10.0 Å². The van der Waals surface area contributed by atoms with Gasteiger partial charge < -0.3 is 30.0 Å². The van der Waals surface area contributed by atoms with Crippen molar-refractivity contribution in [1.82, 2.24) is 15.3 Å². The van der Waals surface area contributed by atoms with Crippen LogP contribution in [0.5, 0.6) is 5.75 Å². The molecule has 0 bridgehead atoms. The Bertz CT molecular complexity index is 1910. The van der Waals surface area contributed by atoms with Crippen molar-refractivity contribution in [1.29, 1.82) is 0 Å². The Morgan fingerprint density at radius 3 is 2.65 bits per heavy atom. The molecule has 3 aromatic carbocycles. The highest BCUT2D eigenvalue weighted by Gasteiger charge is 2.23. The molecule has 1 saturated heterocycles. The quantitative estimate of drug-likeness (QED) is 0.147. The van der Waals surface area contributed by atoms with Gasteiger partial charge in [0, 0.05) is 46.8 Å². The van der Waals surface area contributed by atoms with Crippen LogP contribution in [0, 0.1) is 6.92 Å². The summed E-state index contributed by atoms with van der Waals surface area (Å²) in [6.45, 7) is 3.97. The zero-order chi connectivity index (χ0) is 30.1. The van der Waals surface area contributed by atoms with Gasteiger partial charge in [-0.3, -0.25) is 4.72 Å². The predicted octanol–water partition coefficient (Wildman–Crippen LogP) is 4.83. The monoisotopic (exact) mass is 641 g/mol. The maximum Gasteiger partial charge on any atom is 0.323 e. The SMILES string of the molecule is Cc1c(S(=O)(=O)Nc2ccc(N3CCC(NC[C@H](O)COc4cccc5[nH]c(=O)[nH]c45)CC3)cc2)sc2ccc(Cl)cc12. The zero-order valence-corrected chi connectivity index (χ0v) is 25.8. The number of sulfonamides is 1. The van der Waals surface area contributed by atoms with Crippen molar-refractivity contribution >= 4 is 65.5 Å². The smallest absolute Gasteiger partial charge is 0.323 e. The lowest BCUT2D eigenvalue weighted by molar-refractivity contribution is 0.103. The third-order valence-corrected chi connectivity index (χ3v) is 11.2. The van der Waals surface area contributed by atoms with E-state index < -0.39 is 16.1 Å². The summed E-state index contributed by atoms with van der Waals surface area (Å²) in [4.78, 5) is 19.2. The third-order valence-electron chi connectivity index (χ3n) is 7.66. The van der Waals surface area contributed by atoms with E-state index in [0.717, 1.165) is 41.7 Å². The van der Waals surface area contributed by atoms with E-state index in [9.17, 15) is 18.3 Å². The van der Waals surface area contributed by atoms with E-state index in [-0.39, 0.29) is 22.5 Å². The molecule has 1 aliphatic rings. The fraction of sp³-hybridized carbons (Fsp3) is 0.300. The Morgan fingerprint density at radius 1 is 1.12 bits per heavy atom. The highest BCUT2D eigenvalue weighted by Crippen LogP contribution is 2.36. The minimum atomic E-state index is -3.75. The molecule has 0 spiro atoms. The molecule has 0 saturated carbocycles. The standard InChI is InChI=1S/C30H32ClN5O5S2/c1-18-24-15-19(31)5-10-27(24)42-29(18)43(39,40)35-21-6-8-22(9-7-21)36-13-11-20(12-14-36)32-16-23(37)17-41-26-4-2-3-25-28(26)34-30(38)33-25/h2-10,15,20,23,32,35,37H,11-14,16-17H2,1H3,(H2,33,34,38)/t23-/m0/s1. The summed E-state index contributed by atoms with van der Waals surface area (Å²) < 4.78 is 36.0. The number of aliphatic hydroxyl groups is 1. The van der Waals surface area contributed by atoms with Gasteiger partial charge in [0.25, 0.3) is 10.0 Å². The van der Waals surface area contributed by atoms with Gasteiger partial charge in [-0.05, 0) is 85.3 Å². The molecule has 2 aromatic heterocycles. The van der Waals surface area contributed by atoms with E-state index in [1.54, 1.807) is 49.4 Å². The summed E-state index contributed by atoms with van der Waals surface area (Å²) in [5.74, 6) is 0.516. The summed E-state index contributed by atoms with van der Waals surface area (Å²) >= 11 is 7.35. The first-order chi connectivity index (χ1) is 20.7. The first-order valence-electron chi connectivity index (χ1n) is 14.0. The molecule has 5 N–H and O–H groups in total. The number of imidazole rings is 1. The number of ether oxygens (including phenoxy) is 1. The lowest BCUT2D eigenvalue weighted by Crippen LogP contribution is -2.45. The number of halogens is 1. The first-order valence-corrected chi connectivity index (χ1v) is 16.7. The molecule has 5 aromatic rings. The van der Waals surface area contributed by atoms with Gasteiger partial charge in [-0.25, -0.2) is 13.2 Å². The topological polar surface area (TPSA) is 140 Å². The number of hydrogen-bond acceptors (Lipinski definition) is 8. The molecule has 1 aliphatic heterocycles. The van der Waals surface area contributed by atoms with Crippen LogP contribution >= 0.6 is 22.9 Å². The van der Waals surface area contributed by atoms with Crippen molar-refractivity contribution in [3.05, 3.63) is 81.7 Å². The number of aryl methyl sites for hydroxylation is 1. The first kappa shape index (κ1) is 29.5. The number of thiophene rings is 1. The highest BCUT2D eigenvalue weighted by molar-refractivity contribution is 7.94. The van der Waals surface area contributed by atoms with E-state index in [4.69, 9.17) is 16.3 Å².